The Morgan fingerprint density at radius 2 is 2.29 bits per heavy atom. The van der Waals surface area contributed by atoms with Crippen LogP contribution in [-0.2, 0) is 20.9 Å². The van der Waals surface area contributed by atoms with E-state index in [0.29, 0.717) is 32.7 Å². The Labute approximate surface area is 142 Å². The smallest absolute Gasteiger partial charge is 0.242 e. The fourth-order valence-electron chi connectivity index (χ4n) is 2.52. The lowest BCUT2D eigenvalue weighted by Gasteiger charge is -2.26. The molecule has 2 amide bonds. The summed E-state index contributed by atoms with van der Waals surface area (Å²) in [5, 5.41) is 8.81. The molecule has 0 aromatic carbocycles. The van der Waals surface area contributed by atoms with Crippen molar-refractivity contribution < 1.29 is 14.3 Å². The molecular weight excluding hydrogens is 308 g/mol. The van der Waals surface area contributed by atoms with Crippen molar-refractivity contribution >= 4 is 11.8 Å². The maximum atomic E-state index is 12.5. The summed E-state index contributed by atoms with van der Waals surface area (Å²) in [6.07, 6.45) is 3.98. The third-order valence-electron chi connectivity index (χ3n) is 3.77. The molecule has 1 aliphatic rings. The van der Waals surface area contributed by atoms with Crippen LogP contribution >= 0.6 is 0 Å². The maximum absolute atomic E-state index is 12.5. The molecule has 1 saturated heterocycles. The van der Waals surface area contributed by atoms with Crippen molar-refractivity contribution in [1.29, 1.82) is 0 Å². The highest BCUT2D eigenvalue weighted by Gasteiger charge is 2.27. The van der Waals surface area contributed by atoms with E-state index in [9.17, 15) is 9.59 Å². The number of amides is 2. The van der Waals surface area contributed by atoms with E-state index >= 15 is 0 Å². The number of pyridine rings is 1. The number of ether oxygens (including phenoxy) is 1. The van der Waals surface area contributed by atoms with Gasteiger partial charge in [-0.15, -0.1) is 0 Å². The molecule has 7 heteroatoms. The van der Waals surface area contributed by atoms with Crippen molar-refractivity contribution in [3.05, 3.63) is 30.1 Å². The summed E-state index contributed by atoms with van der Waals surface area (Å²) in [7, 11) is 0. The molecule has 1 aromatic rings. The van der Waals surface area contributed by atoms with E-state index in [1.54, 1.807) is 12.4 Å². The van der Waals surface area contributed by atoms with Crippen LogP contribution in [0, 0.1) is 5.92 Å². The van der Waals surface area contributed by atoms with Crippen molar-refractivity contribution in [2.24, 2.45) is 5.92 Å². The van der Waals surface area contributed by atoms with Crippen LogP contribution in [0.3, 0.4) is 0 Å². The average Bonchev–Trinajstić information content (AvgIpc) is 2.60. The van der Waals surface area contributed by atoms with Gasteiger partial charge in [-0.05, 0) is 24.0 Å². The first-order valence-electron chi connectivity index (χ1n) is 8.34. The maximum Gasteiger partial charge on any atom is 0.242 e. The first-order chi connectivity index (χ1) is 11.6. The van der Waals surface area contributed by atoms with E-state index in [0.717, 1.165) is 5.56 Å². The largest absolute Gasteiger partial charge is 0.378 e. The summed E-state index contributed by atoms with van der Waals surface area (Å²) >= 11 is 0. The zero-order valence-electron chi connectivity index (χ0n) is 14.2. The lowest BCUT2D eigenvalue weighted by molar-refractivity contribution is -0.132. The van der Waals surface area contributed by atoms with Crippen molar-refractivity contribution in [1.82, 2.24) is 20.9 Å². The molecule has 2 atom stereocenters. The molecule has 2 rings (SSSR count). The quantitative estimate of drug-likeness (QED) is 0.663. The second-order valence-corrected chi connectivity index (χ2v) is 6.35. The number of carbonyl (C=O) groups is 2. The average molecular weight is 334 g/mol. The zero-order valence-corrected chi connectivity index (χ0v) is 14.2. The number of hydrogen-bond donors (Lipinski definition) is 3. The first kappa shape index (κ1) is 18.4. The van der Waals surface area contributed by atoms with Gasteiger partial charge in [-0.2, -0.15) is 0 Å². The van der Waals surface area contributed by atoms with Gasteiger partial charge in [0, 0.05) is 25.5 Å². The summed E-state index contributed by atoms with van der Waals surface area (Å²) in [5.41, 5.74) is 0.919. The Morgan fingerprint density at radius 3 is 2.92 bits per heavy atom. The molecule has 0 radical (unpaired) electrons. The highest BCUT2D eigenvalue weighted by atomic mass is 16.5. The minimum atomic E-state index is -0.558. The van der Waals surface area contributed by atoms with Gasteiger partial charge >= 0.3 is 0 Å². The highest BCUT2D eigenvalue weighted by molar-refractivity contribution is 5.89. The van der Waals surface area contributed by atoms with Gasteiger partial charge in [-0.3, -0.25) is 14.6 Å². The van der Waals surface area contributed by atoms with Crippen LogP contribution in [0.2, 0.25) is 0 Å². The first-order valence-corrected chi connectivity index (χ1v) is 8.34. The van der Waals surface area contributed by atoms with Crippen LogP contribution in [0.15, 0.2) is 24.5 Å². The molecule has 1 unspecified atom stereocenters. The van der Waals surface area contributed by atoms with Gasteiger partial charge < -0.3 is 20.7 Å². The van der Waals surface area contributed by atoms with Gasteiger partial charge in [0.2, 0.25) is 11.8 Å². The number of rotatable bonds is 7. The number of hydrogen-bond acceptors (Lipinski definition) is 5. The second-order valence-electron chi connectivity index (χ2n) is 6.35. The predicted octanol–water partition coefficient (Wildman–Crippen LogP) is 0.217. The minimum Gasteiger partial charge on any atom is -0.378 e. The number of nitrogens with zero attached hydrogens (tertiary/aromatic N) is 1. The molecule has 0 aliphatic carbocycles. The van der Waals surface area contributed by atoms with E-state index < -0.39 is 12.1 Å². The molecule has 7 nitrogen and oxygen atoms in total. The van der Waals surface area contributed by atoms with Crippen LogP contribution in [0.4, 0.5) is 0 Å². The zero-order chi connectivity index (χ0) is 17.4. The Morgan fingerprint density at radius 1 is 1.46 bits per heavy atom. The molecule has 3 N–H and O–H groups in total. The van der Waals surface area contributed by atoms with Crippen molar-refractivity contribution in [2.75, 3.05) is 19.8 Å². The molecular formula is C17H26N4O3. The summed E-state index contributed by atoms with van der Waals surface area (Å²) in [5.74, 6) is -0.0930. The normalized spacial score (nSPS) is 18.9. The molecule has 1 aliphatic heterocycles. The van der Waals surface area contributed by atoms with E-state index in [-0.39, 0.29) is 17.7 Å². The van der Waals surface area contributed by atoms with Crippen molar-refractivity contribution in [3.63, 3.8) is 0 Å². The van der Waals surface area contributed by atoms with Crippen molar-refractivity contribution in [2.45, 2.75) is 38.9 Å². The number of morpholine rings is 1. The van der Waals surface area contributed by atoms with Gasteiger partial charge in [0.15, 0.2) is 0 Å². The van der Waals surface area contributed by atoms with Gasteiger partial charge in [0.05, 0.1) is 13.2 Å². The van der Waals surface area contributed by atoms with Crippen LogP contribution < -0.4 is 16.0 Å². The SMILES string of the molecule is CC(C)CC(NC(=O)[C@@H]1COCCN1)C(=O)NCc1cccnc1. The van der Waals surface area contributed by atoms with E-state index in [1.165, 1.54) is 0 Å². The standard InChI is InChI=1S/C17H26N4O3/c1-12(2)8-14(21-17(23)15-11-24-7-6-19-15)16(22)20-10-13-4-3-5-18-9-13/h3-5,9,12,14-15,19H,6-8,10-11H2,1-2H3,(H,20,22)(H,21,23)/t14?,15-/m0/s1. The van der Waals surface area contributed by atoms with Crippen LogP contribution in [-0.4, -0.2) is 48.6 Å². The molecule has 2 heterocycles. The lowest BCUT2D eigenvalue weighted by Crippen LogP contribution is -2.56. The number of carbonyl (C=O) groups excluding carboxylic acids is 2. The monoisotopic (exact) mass is 334 g/mol. The van der Waals surface area contributed by atoms with E-state index in [2.05, 4.69) is 20.9 Å². The van der Waals surface area contributed by atoms with E-state index in [1.807, 2.05) is 26.0 Å². The Bertz CT molecular complexity index is 530. The molecule has 1 fully saturated rings. The molecule has 0 saturated carbocycles. The predicted molar refractivity (Wildman–Crippen MR) is 90.1 cm³/mol. The van der Waals surface area contributed by atoms with Crippen LogP contribution in [0.25, 0.3) is 0 Å². The number of nitrogens with one attached hydrogen (secondary N) is 3. The van der Waals surface area contributed by atoms with E-state index in [4.69, 9.17) is 4.74 Å². The van der Waals surface area contributed by atoms with Gasteiger partial charge in [0.25, 0.3) is 0 Å². The second kappa shape index (κ2) is 9.34. The van der Waals surface area contributed by atoms with Gasteiger partial charge in [-0.1, -0.05) is 19.9 Å². The molecule has 132 valence electrons. The van der Waals surface area contributed by atoms with Crippen LogP contribution in [0.5, 0.6) is 0 Å². The lowest BCUT2D eigenvalue weighted by atomic mass is 10.0. The van der Waals surface area contributed by atoms with Crippen LogP contribution in [0.1, 0.15) is 25.8 Å². The summed E-state index contributed by atoms with van der Waals surface area (Å²) in [6, 6.07) is 2.76. The Hall–Kier alpha value is -1.99. The van der Waals surface area contributed by atoms with Gasteiger partial charge in [-0.25, -0.2) is 0 Å². The third-order valence-corrected chi connectivity index (χ3v) is 3.77. The van der Waals surface area contributed by atoms with Gasteiger partial charge in [0.1, 0.15) is 12.1 Å². The molecule has 24 heavy (non-hydrogen) atoms. The topological polar surface area (TPSA) is 92.4 Å². The Kier molecular flexibility index (Phi) is 7.14. The molecule has 0 bridgehead atoms. The number of aromatic nitrogens is 1. The van der Waals surface area contributed by atoms with Crippen molar-refractivity contribution in [3.8, 4) is 0 Å². The third kappa shape index (κ3) is 5.90. The minimum absolute atomic E-state index is 0.183. The summed E-state index contributed by atoms with van der Waals surface area (Å²) in [4.78, 5) is 28.8. The fraction of sp³-hybridized carbons (Fsp3) is 0.588. The molecule has 0 spiro atoms. The Balaban J connectivity index is 1.90. The fourth-order valence-corrected chi connectivity index (χ4v) is 2.52. The highest BCUT2D eigenvalue weighted by Crippen LogP contribution is 2.07. The summed E-state index contributed by atoms with van der Waals surface area (Å²) < 4.78 is 5.30. The summed E-state index contributed by atoms with van der Waals surface area (Å²) in [6.45, 7) is 6.01. The molecule has 1 aromatic heterocycles.